The first-order valence-corrected chi connectivity index (χ1v) is 9.50. The van der Waals surface area contributed by atoms with Gasteiger partial charge >= 0.3 is 0 Å². The molecule has 0 aliphatic carbocycles. The maximum Gasteiger partial charge on any atom is 0.224 e. The van der Waals surface area contributed by atoms with Crippen LogP contribution in [0.3, 0.4) is 0 Å². The van der Waals surface area contributed by atoms with Crippen molar-refractivity contribution in [1.29, 1.82) is 0 Å². The number of hydrogen-bond donors (Lipinski definition) is 1. The van der Waals surface area contributed by atoms with E-state index in [1.54, 1.807) is 6.08 Å². The molecule has 0 aromatic heterocycles. The number of nitrogens with zero attached hydrogens (tertiary/aromatic N) is 2. The fraction of sp³-hybridized carbons (Fsp3) is 0.524. The van der Waals surface area contributed by atoms with Gasteiger partial charge in [-0.2, -0.15) is 0 Å². The zero-order valence-corrected chi connectivity index (χ0v) is 15.4. The number of rotatable bonds is 5. The number of amides is 2. The third-order valence-corrected chi connectivity index (χ3v) is 5.90. The summed E-state index contributed by atoms with van der Waals surface area (Å²) in [5, 5.41) is 0. The Balaban J connectivity index is 1.54. The third-order valence-electron chi connectivity index (χ3n) is 5.90. The van der Waals surface area contributed by atoms with Crippen LogP contribution < -0.4 is 5.73 Å². The van der Waals surface area contributed by atoms with E-state index in [1.807, 2.05) is 40.1 Å². The molecule has 5 nitrogen and oxygen atoms in total. The minimum atomic E-state index is -0.255. The van der Waals surface area contributed by atoms with Gasteiger partial charge in [-0.3, -0.25) is 9.59 Å². The Bertz CT molecular complexity index is 650. The summed E-state index contributed by atoms with van der Waals surface area (Å²) < 4.78 is 0. The summed E-state index contributed by atoms with van der Waals surface area (Å²) in [6.45, 7) is 6.69. The molecule has 2 amide bonds. The van der Waals surface area contributed by atoms with Crippen molar-refractivity contribution >= 4 is 11.8 Å². The first-order valence-electron chi connectivity index (χ1n) is 9.50. The van der Waals surface area contributed by atoms with E-state index in [1.165, 1.54) is 0 Å². The molecule has 2 saturated heterocycles. The molecule has 0 bridgehead atoms. The van der Waals surface area contributed by atoms with Crippen molar-refractivity contribution < 1.29 is 9.59 Å². The number of hydrogen-bond acceptors (Lipinski definition) is 3. The fourth-order valence-electron chi connectivity index (χ4n) is 4.20. The molecule has 26 heavy (non-hydrogen) atoms. The van der Waals surface area contributed by atoms with Crippen LogP contribution >= 0.6 is 0 Å². The molecule has 140 valence electrons. The van der Waals surface area contributed by atoms with Crippen molar-refractivity contribution in [2.75, 3.05) is 26.2 Å². The van der Waals surface area contributed by atoms with Gasteiger partial charge in [0.1, 0.15) is 0 Å². The van der Waals surface area contributed by atoms with Crippen molar-refractivity contribution in [1.82, 2.24) is 9.80 Å². The molecule has 2 aliphatic rings. The van der Waals surface area contributed by atoms with Crippen LogP contribution in [0.2, 0.25) is 0 Å². The Labute approximate surface area is 155 Å². The molecule has 3 rings (SSSR count). The molecule has 2 N–H and O–H groups in total. The molecular weight excluding hydrogens is 326 g/mol. The van der Waals surface area contributed by atoms with Crippen LogP contribution in [0, 0.1) is 5.41 Å². The fourth-order valence-corrected chi connectivity index (χ4v) is 4.20. The van der Waals surface area contributed by atoms with Gasteiger partial charge in [-0.05, 0) is 30.2 Å². The molecule has 1 atom stereocenters. The predicted octanol–water partition coefficient (Wildman–Crippen LogP) is 2.49. The zero-order valence-electron chi connectivity index (χ0n) is 15.4. The van der Waals surface area contributed by atoms with Crippen LogP contribution in [0.25, 0.3) is 0 Å². The van der Waals surface area contributed by atoms with Crippen LogP contribution in [-0.4, -0.2) is 47.8 Å². The molecule has 2 fully saturated rings. The van der Waals surface area contributed by atoms with Gasteiger partial charge in [0.15, 0.2) is 0 Å². The van der Waals surface area contributed by atoms with E-state index in [9.17, 15) is 9.59 Å². The molecule has 0 saturated carbocycles. The van der Waals surface area contributed by atoms with Gasteiger partial charge in [0.2, 0.25) is 11.8 Å². The quantitative estimate of drug-likeness (QED) is 0.825. The minimum Gasteiger partial charge on any atom is -0.343 e. The van der Waals surface area contributed by atoms with E-state index in [0.717, 1.165) is 44.5 Å². The molecule has 0 unspecified atom stereocenters. The molecule has 2 aliphatic heterocycles. The molecule has 1 spiro atoms. The molecule has 1 aromatic rings. The number of carbonyl (C=O) groups excluding carboxylic acids is 2. The molecule has 2 heterocycles. The second-order valence-electron chi connectivity index (χ2n) is 7.67. The van der Waals surface area contributed by atoms with Crippen LogP contribution in [-0.2, 0) is 9.59 Å². The average Bonchev–Trinajstić information content (AvgIpc) is 2.66. The topological polar surface area (TPSA) is 66.6 Å². The summed E-state index contributed by atoms with van der Waals surface area (Å²) in [6, 6.07) is 9.53. The largest absolute Gasteiger partial charge is 0.343 e. The average molecular weight is 355 g/mol. The molecule has 1 aromatic carbocycles. The standard InChI is InChI=1S/C21H29N3O2/c1-2-12-24-16-21(9-8-19(24)25)10-13-23(14-11-21)20(26)15-18(22)17-6-4-3-5-7-17/h2-7,18H,1,8-16,22H2/t18-/m0/s1. The Hall–Kier alpha value is -2.14. The lowest BCUT2D eigenvalue weighted by Crippen LogP contribution is -2.52. The van der Waals surface area contributed by atoms with Gasteiger partial charge in [0, 0.05) is 45.1 Å². The van der Waals surface area contributed by atoms with E-state index in [2.05, 4.69) is 6.58 Å². The van der Waals surface area contributed by atoms with Crippen molar-refractivity contribution in [2.45, 2.75) is 38.1 Å². The van der Waals surface area contributed by atoms with Crippen molar-refractivity contribution in [3.63, 3.8) is 0 Å². The smallest absolute Gasteiger partial charge is 0.224 e. The lowest BCUT2D eigenvalue weighted by atomic mass is 9.72. The van der Waals surface area contributed by atoms with Crippen molar-refractivity contribution in [3.05, 3.63) is 48.6 Å². The second-order valence-corrected chi connectivity index (χ2v) is 7.67. The molecule has 5 heteroatoms. The van der Waals surface area contributed by atoms with E-state index in [-0.39, 0.29) is 23.3 Å². The Morgan fingerprint density at radius 2 is 1.92 bits per heavy atom. The van der Waals surface area contributed by atoms with E-state index >= 15 is 0 Å². The summed E-state index contributed by atoms with van der Waals surface area (Å²) in [7, 11) is 0. The van der Waals surface area contributed by atoms with Crippen LogP contribution in [0.5, 0.6) is 0 Å². The highest BCUT2D eigenvalue weighted by Gasteiger charge is 2.41. The highest BCUT2D eigenvalue weighted by molar-refractivity contribution is 5.78. The maximum atomic E-state index is 12.6. The Morgan fingerprint density at radius 1 is 1.23 bits per heavy atom. The van der Waals surface area contributed by atoms with Crippen LogP contribution in [0.4, 0.5) is 0 Å². The van der Waals surface area contributed by atoms with Gasteiger partial charge < -0.3 is 15.5 Å². The monoisotopic (exact) mass is 355 g/mol. The lowest BCUT2D eigenvalue weighted by molar-refractivity contribution is -0.142. The summed E-state index contributed by atoms with van der Waals surface area (Å²) in [5.41, 5.74) is 7.37. The number of piperidine rings is 2. The van der Waals surface area contributed by atoms with Crippen LogP contribution in [0.1, 0.15) is 43.7 Å². The third kappa shape index (κ3) is 4.15. The first kappa shape index (κ1) is 18.6. The van der Waals surface area contributed by atoms with Gasteiger partial charge in [-0.1, -0.05) is 36.4 Å². The van der Waals surface area contributed by atoms with E-state index in [0.29, 0.717) is 19.4 Å². The van der Waals surface area contributed by atoms with Gasteiger partial charge in [-0.15, -0.1) is 6.58 Å². The van der Waals surface area contributed by atoms with Gasteiger partial charge in [0.25, 0.3) is 0 Å². The zero-order chi connectivity index (χ0) is 18.6. The van der Waals surface area contributed by atoms with Crippen molar-refractivity contribution in [3.8, 4) is 0 Å². The maximum absolute atomic E-state index is 12.6. The SMILES string of the molecule is C=CCN1CC2(CCC1=O)CCN(C(=O)C[C@H](N)c1ccccc1)CC2. The second kappa shape index (κ2) is 8.04. The van der Waals surface area contributed by atoms with E-state index in [4.69, 9.17) is 5.73 Å². The Morgan fingerprint density at radius 3 is 2.58 bits per heavy atom. The predicted molar refractivity (Wildman–Crippen MR) is 102 cm³/mol. The normalized spacial score (nSPS) is 20.9. The van der Waals surface area contributed by atoms with Gasteiger partial charge in [-0.25, -0.2) is 0 Å². The Kier molecular flexibility index (Phi) is 5.77. The summed E-state index contributed by atoms with van der Waals surface area (Å²) in [6.07, 6.45) is 5.60. The number of carbonyl (C=O) groups is 2. The number of nitrogens with two attached hydrogens (primary N) is 1. The first-order chi connectivity index (χ1) is 12.5. The van der Waals surface area contributed by atoms with E-state index < -0.39 is 0 Å². The summed E-state index contributed by atoms with van der Waals surface area (Å²) >= 11 is 0. The van der Waals surface area contributed by atoms with Crippen molar-refractivity contribution in [2.24, 2.45) is 11.1 Å². The highest BCUT2D eigenvalue weighted by atomic mass is 16.2. The summed E-state index contributed by atoms with van der Waals surface area (Å²) in [5.74, 6) is 0.355. The van der Waals surface area contributed by atoms with Gasteiger partial charge in [0.05, 0.1) is 0 Å². The molecule has 0 radical (unpaired) electrons. The molecular formula is C21H29N3O2. The minimum absolute atomic E-state index is 0.131. The number of benzene rings is 1. The summed E-state index contributed by atoms with van der Waals surface area (Å²) in [4.78, 5) is 28.5. The lowest BCUT2D eigenvalue weighted by Gasteiger charge is -2.47. The highest BCUT2D eigenvalue weighted by Crippen LogP contribution is 2.40. The van der Waals surface area contributed by atoms with Crippen LogP contribution in [0.15, 0.2) is 43.0 Å². The number of likely N-dealkylation sites (tertiary alicyclic amines) is 2.